The van der Waals surface area contributed by atoms with E-state index in [0.29, 0.717) is 4.47 Å². The normalized spacial score (nSPS) is 11.6. The van der Waals surface area contributed by atoms with E-state index in [-0.39, 0.29) is 11.4 Å². The second-order valence-electron chi connectivity index (χ2n) is 5.24. The molecule has 0 spiro atoms. The highest BCUT2D eigenvalue weighted by Gasteiger charge is 2.16. The third-order valence-corrected chi connectivity index (χ3v) is 5.84. The number of aromatic nitrogens is 3. The van der Waals surface area contributed by atoms with Gasteiger partial charge in [0, 0.05) is 47.8 Å². The molecule has 1 N–H and O–H groups in total. The van der Waals surface area contributed by atoms with Gasteiger partial charge in [-0.05, 0) is 39.7 Å². The molecule has 3 aromatic rings. The molecule has 0 saturated carbocycles. The minimum absolute atomic E-state index is 0.158. The highest BCUT2D eigenvalue weighted by atomic mass is 79.9. The molecule has 0 aliphatic heterocycles. The van der Waals surface area contributed by atoms with Crippen molar-refractivity contribution in [1.29, 1.82) is 0 Å². The smallest absolute Gasteiger partial charge is 0.241 e. The maximum Gasteiger partial charge on any atom is 0.241 e. The first-order valence-electron chi connectivity index (χ1n) is 7.13. The van der Waals surface area contributed by atoms with Crippen LogP contribution >= 0.6 is 15.9 Å². The fourth-order valence-corrected chi connectivity index (χ4v) is 4.25. The number of nitrogens with zero attached hydrogens (tertiary/aromatic N) is 3. The Morgan fingerprint density at radius 2 is 1.96 bits per heavy atom. The number of hydrogen-bond donors (Lipinski definition) is 1. The molecule has 0 aliphatic carbocycles. The molecule has 2 aromatic heterocycles. The summed E-state index contributed by atoms with van der Waals surface area (Å²) in [5, 5.41) is 4.13. The predicted molar refractivity (Wildman–Crippen MR) is 94.6 cm³/mol. The van der Waals surface area contributed by atoms with Crippen molar-refractivity contribution in [1.82, 2.24) is 19.5 Å². The van der Waals surface area contributed by atoms with Crippen molar-refractivity contribution in [3.63, 3.8) is 0 Å². The lowest BCUT2D eigenvalue weighted by Gasteiger charge is -2.09. The predicted octanol–water partition coefficient (Wildman–Crippen LogP) is 2.72. The first-order chi connectivity index (χ1) is 11.5. The lowest BCUT2D eigenvalue weighted by Crippen LogP contribution is -2.23. The Balaban J connectivity index is 1.79. The van der Waals surface area contributed by atoms with Gasteiger partial charge in [-0.1, -0.05) is 12.1 Å². The van der Waals surface area contributed by atoms with Crippen LogP contribution in [-0.4, -0.2) is 23.2 Å². The molecule has 0 aliphatic rings. The Morgan fingerprint density at radius 3 is 2.67 bits per heavy atom. The van der Waals surface area contributed by atoms with E-state index in [1.807, 2.05) is 19.3 Å². The second-order valence-corrected chi connectivity index (χ2v) is 7.83. The largest absolute Gasteiger partial charge is 0.275 e. The van der Waals surface area contributed by atoms with Crippen LogP contribution in [0.5, 0.6) is 0 Å². The van der Waals surface area contributed by atoms with E-state index in [1.165, 1.54) is 0 Å². The summed E-state index contributed by atoms with van der Waals surface area (Å²) in [5.41, 5.74) is 2.59. The monoisotopic (exact) mass is 406 g/mol. The first kappa shape index (κ1) is 16.8. The van der Waals surface area contributed by atoms with Crippen LogP contribution in [-0.2, 0) is 23.6 Å². The van der Waals surface area contributed by atoms with Crippen molar-refractivity contribution in [2.45, 2.75) is 11.4 Å². The van der Waals surface area contributed by atoms with Gasteiger partial charge in [-0.2, -0.15) is 5.10 Å². The summed E-state index contributed by atoms with van der Waals surface area (Å²) in [6.07, 6.45) is 6.99. The Labute approximate surface area is 148 Å². The third kappa shape index (κ3) is 3.72. The van der Waals surface area contributed by atoms with Gasteiger partial charge in [0.15, 0.2) is 0 Å². The molecule has 0 amide bonds. The van der Waals surface area contributed by atoms with Crippen molar-refractivity contribution in [2.75, 3.05) is 0 Å². The quantitative estimate of drug-likeness (QED) is 0.706. The number of benzene rings is 1. The van der Waals surface area contributed by atoms with Crippen LogP contribution < -0.4 is 4.72 Å². The maximum absolute atomic E-state index is 12.4. The molecule has 2 heterocycles. The maximum atomic E-state index is 12.4. The summed E-state index contributed by atoms with van der Waals surface area (Å²) in [6.45, 7) is 0.158. The van der Waals surface area contributed by atoms with Crippen molar-refractivity contribution in [3.05, 3.63) is 65.2 Å². The van der Waals surface area contributed by atoms with Crippen molar-refractivity contribution >= 4 is 26.0 Å². The van der Waals surface area contributed by atoms with Gasteiger partial charge < -0.3 is 0 Å². The minimum atomic E-state index is -3.60. The highest BCUT2D eigenvalue weighted by molar-refractivity contribution is 9.10. The molecule has 1 aromatic carbocycles. The molecule has 124 valence electrons. The van der Waals surface area contributed by atoms with Gasteiger partial charge >= 0.3 is 0 Å². The van der Waals surface area contributed by atoms with Crippen LogP contribution in [0.4, 0.5) is 0 Å². The fourth-order valence-electron chi connectivity index (χ4n) is 2.23. The lowest BCUT2D eigenvalue weighted by atomic mass is 10.1. The fraction of sp³-hybridized carbons (Fsp3) is 0.125. The number of hydrogen-bond acceptors (Lipinski definition) is 4. The zero-order chi connectivity index (χ0) is 17.2. The topological polar surface area (TPSA) is 76.9 Å². The summed E-state index contributed by atoms with van der Waals surface area (Å²) in [7, 11) is -1.76. The zero-order valence-corrected chi connectivity index (χ0v) is 15.3. The van der Waals surface area contributed by atoms with Gasteiger partial charge in [-0.3, -0.25) is 9.67 Å². The van der Waals surface area contributed by atoms with Crippen LogP contribution in [0.3, 0.4) is 0 Å². The van der Waals surface area contributed by atoms with E-state index < -0.39 is 10.0 Å². The highest BCUT2D eigenvalue weighted by Crippen LogP contribution is 2.22. The van der Waals surface area contributed by atoms with Gasteiger partial charge in [0.25, 0.3) is 0 Å². The molecule has 0 saturated heterocycles. The van der Waals surface area contributed by atoms with Crippen molar-refractivity contribution in [3.8, 4) is 11.1 Å². The van der Waals surface area contributed by atoms with E-state index in [4.69, 9.17) is 0 Å². The number of halogens is 1. The number of pyridine rings is 1. The number of nitrogens with one attached hydrogen (secondary N) is 1. The van der Waals surface area contributed by atoms with Gasteiger partial charge in [-0.25, -0.2) is 13.1 Å². The average Bonchev–Trinajstić information content (AvgIpc) is 3.00. The van der Waals surface area contributed by atoms with Crippen LogP contribution in [0, 0.1) is 0 Å². The molecule has 0 radical (unpaired) electrons. The van der Waals surface area contributed by atoms with E-state index in [9.17, 15) is 8.42 Å². The molecule has 6 nitrogen and oxygen atoms in total. The van der Waals surface area contributed by atoms with E-state index in [1.54, 1.807) is 47.5 Å². The summed E-state index contributed by atoms with van der Waals surface area (Å²) >= 11 is 3.26. The summed E-state index contributed by atoms with van der Waals surface area (Å²) < 4.78 is 29.7. The Kier molecular flexibility index (Phi) is 4.79. The summed E-state index contributed by atoms with van der Waals surface area (Å²) in [6, 6.07) is 8.59. The SMILES string of the molecule is Cn1cc(-c2cncc(CNS(=O)(=O)c3ccccc3Br)c2)cn1. The zero-order valence-electron chi connectivity index (χ0n) is 12.8. The summed E-state index contributed by atoms with van der Waals surface area (Å²) in [5.74, 6) is 0. The van der Waals surface area contributed by atoms with E-state index in [0.717, 1.165) is 16.7 Å². The first-order valence-corrected chi connectivity index (χ1v) is 9.40. The molecule has 3 rings (SSSR count). The average molecular weight is 407 g/mol. The molecular weight excluding hydrogens is 392 g/mol. The van der Waals surface area contributed by atoms with Crippen molar-refractivity contribution < 1.29 is 8.42 Å². The lowest BCUT2D eigenvalue weighted by molar-refractivity contribution is 0.580. The second kappa shape index (κ2) is 6.84. The third-order valence-electron chi connectivity index (χ3n) is 3.43. The number of sulfonamides is 1. The Hall–Kier alpha value is -2.03. The van der Waals surface area contributed by atoms with Crippen molar-refractivity contribution in [2.24, 2.45) is 7.05 Å². The minimum Gasteiger partial charge on any atom is -0.275 e. The Morgan fingerprint density at radius 1 is 1.17 bits per heavy atom. The number of aryl methyl sites for hydroxylation is 1. The van der Waals surface area contributed by atoms with Gasteiger partial charge in [0.05, 0.1) is 11.1 Å². The van der Waals surface area contributed by atoms with Gasteiger partial charge in [0.1, 0.15) is 0 Å². The molecule has 0 unspecified atom stereocenters. The van der Waals surface area contributed by atoms with Gasteiger partial charge in [0.2, 0.25) is 10.0 Å². The van der Waals surface area contributed by atoms with Crippen LogP contribution in [0.25, 0.3) is 11.1 Å². The Bertz CT molecular complexity index is 969. The van der Waals surface area contributed by atoms with E-state index >= 15 is 0 Å². The summed E-state index contributed by atoms with van der Waals surface area (Å²) in [4.78, 5) is 4.39. The van der Waals surface area contributed by atoms with Crippen LogP contribution in [0.1, 0.15) is 5.56 Å². The van der Waals surface area contributed by atoms with Crippen LogP contribution in [0.15, 0.2) is 64.5 Å². The molecule has 0 fully saturated rings. The molecule has 24 heavy (non-hydrogen) atoms. The molecule has 0 bridgehead atoms. The standard InChI is InChI=1S/C16H15BrN4O2S/c1-21-11-14(10-19-21)13-6-12(7-18-9-13)8-20-24(22,23)16-5-3-2-4-15(16)17/h2-7,9-11,20H,8H2,1H3. The molecule has 0 atom stereocenters. The molecule has 8 heteroatoms. The van der Waals surface area contributed by atoms with Crippen LogP contribution in [0.2, 0.25) is 0 Å². The number of rotatable bonds is 5. The van der Waals surface area contributed by atoms with E-state index in [2.05, 4.69) is 30.7 Å². The van der Waals surface area contributed by atoms with Gasteiger partial charge in [-0.15, -0.1) is 0 Å². The molecular formula is C16H15BrN4O2S.